The molecule has 1 fully saturated rings. The Balaban J connectivity index is 1.80. The number of benzene rings is 2. The Labute approximate surface area is 180 Å². The molecule has 0 saturated carbocycles. The molecule has 1 aliphatic rings. The Morgan fingerprint density at radius 2 is 1.68 bits per heavy atom. The van der Waals surface area contributed by atoms with Gasteiger partial charge >= 0.3 is 6.03 Å². The van der Waals surface area contributed by atoms with E-state index in [1.165, 1.54) is 19.1 Å². The van der Waals surface area contributed by atoms with Crippen LogP contribution in [0.15, 0.2) is 36.4 Å². The van der Waals surface area contributed by atoms with Crippen molar-refractivity contribution in [2.24, 2.45) is 0 Å². The number of rotatable bonds is 4. The van der Waals surface area contributed by atoms with Gasteiger partial charge in [-0.3, -0.25) is 14.5 Å². The molecule has 1 atom stereocenters. The lowest BCUT2D eigenvalue weighted by molar-refractivity contribution is -0.133. The lowest BCUT2D eigenvalue weighted by atomic mass is 9.92. The number of imide groups is 1. The third-order valence-corrected chi connectivity index (χ3v) is 5.40. The van der Waals surface area contributed by atoms with E-state index in [1.54, 1.807) is 24.3 Å². The van der Waals surface area contributed by atoms with Crippen LogP contribution in [0.4, 0.5) is 10.5 Å². The molecular weight excluding hydrogens is 448 g/mol. The van der Waals surface area contributed by atoms with Gasteiger partial charge in [0.1, 0.15) is 12.1 Å². The summed E-state index contributed by atoms with van der Waals surface area (Å²) in [6, 6.07) is 8.77. The molecule has 0 radical (unpaired) electrons. The molecule has 4 amide bonds. The summed E-state index contributed by atoms with van der Waals surface area (Å²) in [5.74, 6) is -1.26. The number of anilines is 1. The predicted molar refractivity (Wildman–Crippen MR) is 109 cm³/mol. The van der Waals surface area contributed by atoms with Crippen LogP contribution in [0.3, 0.4) is 0 Å². The van der Waals surface area contributed by atoms with Crippen molar-refractivity contribution in [1.82, 2.24) is 10.2 Å². The summed E-state index contributed by atoms with van der Waals surface area (Å²) in [6.45, 7) is 0.999. The van der Waals surface area contributed by atoms with E-state index < -0.39 is 29.9 Å². The van der Waals surface area contributed by atoms with Gasteiger partial charge in [-0.15, -0.1) is 0 Å². The molecule has 2 N–H and O–H groups in total. The van der Waals surface area contributed by atoms with Crippen molar-refractivity contribution < 1.29 is 14.4 Å². The standard InChI is InChI=1S/C18H13Cl4N3O3/c1-18(10-4-2-3-5-11(10)20)16(27)25(17(28)24-18)8-14(26)23-15-12(21)6-9(19)7-13(15)22/h2-7H,8H2,1H3,(H,23,26)(H,24,28). The van der Waals surface area contributed by atoms with E-state index in [0.717, 1.165) is 4.90 Å². The quantitative estimate of drug-likeness (QED) is 0.648. The predicted octanol–water partition coefficient (Wildman–Crippen LogP) is 4.71. The number of urea groups is 1. The fourth-order valence-corrected chi connectivity index (χ4v) is 4.11. The monoisotopic (exact) mass is 459 g/mol. The minimum absolute atomic E-state index is 0.129. The zero-order valence-electron chi connectivity index (χ0n) is 14.4. The maximum Gasteiger partial charge on any atom is 0.325 e. The van der Waals surface area contributed by atoms with Crippen molar-refractivity contribution in [2.45, 2.75) is 12.5 Å². The molecule has 28 heavy (non-hydrogen) atoms. The van der Waals surface area contributed by atoms with Gasteiger partial charge in [-0.2, -0.15) is 0 Å². The maximum atomic E-state index is 12.9. The molecule has 1 saturated heterocycles. The number of carbonyl (C=O) groups is 3. The normalized spacial score (nSPS) is 19.0. The number of nitrogens with one attached hydrogen (secondary N) is 2. The largest absolute Gasteiger partial charge is 0.325 e. The van der Waals surface area contributed by atoms with Crippen molar-refractivity contribution in [3.05, 3.63) is 62.1 Å². The number of amides is 4. The topological polar surface area (TPSA) is 78.5 Å². The van der Waals surface area contributed by atoms with E-state index >= 15 is 0 Å². The lowest BCUT2D eigenvalue weighted by Gasteiger charge is -2.23. The van der Waals surface area contributed by atoms with E-state index in [4.69, 9.17) is 46.4 Å². The van der Waals surface area contributed by atoms with E-state index in [-0.39, 0.29) is 15.7 Å². The first kappa shape index (κ1) is 20.7. The molecular formula is C18H13Cl4N3O3. The second-order valence-corrected chi connectivity index (χ2v) is 7.88. The van der Waals surface area contributed by atoms with Gasteiger partial charge in [-0.05, 0) is 25.1 Å². The highest BCUT2D eigenvalue weighted by molar-refractivity contribution is 6.42. The zero-order chi connectivity index (χ0) is 20.6. The van der Waals surface area contributed by atoms with Gasteiger partial charge in [0, 0.05) is 15.6 Å². The Morgan fingerprint density at radius 1 is 1.07 bits per heavy atom. The first-order chi connectivity index (χ1) is 13.1. The van der Waals surface area contributed by atoms with Crippen molar-refractivity contribution in [2.75, 3.05) is 11.9 Å². The van der Waals surface area contributed by atoms with Crippen LogP contribution in [0, 0.1) is 0 Å². The van der Waals surface area contributed by atoms with Crippen LogP contribution in [0.5, 0.6) is 0 Å². The molecule has 6 nitrogen and oxygen atoms in total. The first-order valence-corrected chi connectivity index (χ1v) is 9.48. The van der Waals surface area contributed by atoms with E-state index in [1.807, 2.05) is 0 Å². The van der Waals surface area contributed by atoms with Gasteiger partial charge in [0.2, 0.25) is 5.91 Å². The lowest BCUT2D eigenvalue weighted by Crippen LogP contribution is -2.42. The molecule has 1 unspecified atom stereocenters. The maximum absolute atomic E-state index is 12.9. The highest BCUT2D eigenvalue weighted by Gasteiger charge is 2.50. The molecule has 3 rings (SSSR count). The fourth-order valence-electron chi connectivity index (χ4n) is 2.87. The molecule has 0 spiro atoms. The van der Waals surface area contributed by atoms with E-state index in [2.05, 4.69) is 10.6 Å². The average molecular weight is 461 g/mol. The van der Waals surface area contributed by atoms with Crippen LogP contribution < -0.4 is 10.6 Å². The zero-order valence-corrected chi connectivity index (χ0v) is 17.4. The molecule has 2 aromatic carbocycles. The van der Waals surface area contributed by atoms with Crippen LogP contribution in [-0.2, 0) is 15.1 Å². The van der Waals surface area contributed by atoms with E-state index in [9.17, 15) is 14.4 Å². The van der Waals surface area contributed by atoms with Crippen molar-refractivity contribution in [3.8, 4) is 0 Å². The van der Waals surface area contributed by atoms with Gasteiger partial charge in [0.15, 0.2) is 0 Å². The number of hydrogen-bond donors (Lipinski definition) is 2. The Morgan fingerprint density at radius 3 is 2.29 bits per heavy atom. The van der Waals surface area contributed by atoms with Crippen molar-refractivity contribution in [3.63, 3.8) is 0 Å². The van der Waals surface area contributed by atoms with Crippen LogP contribution in [0.1, 0.15) is 12.5 Å². The molecule has 146 valence electrons. The van der Waals surface area contributed by atoms with Gasteiger partial charge in [0.05, 0.1) is 15.7 Å². The van der Waals surface area contributed by atoms with Crippen LogP contribution in [-0.4, -0.2) is 29.3 Å². The fraction of sp³-hybridized carbons (Fsp3) is 0.167. The van der Waals surface area contributed by atoms with Gasteiger partial charge in [-0.1, -0.05) is 64.6 Å². The number of halogens is 4. The minimum atomic E-state index is -1.38. The summed E-state index contributed by atoms with van der Waals surface area (Å²) in [5, 5.41) is 5.97. The number of nitrogens with zero attached hydrogens (tertiary/aromatic N) is 1. The molecule has 0 bridgehead atoms. The molecule has 1 heterocycles. The van der Waals surface area contributed by atoms with Crippen molar-refractivity contribution >= 4 is 69.9 Å². The Hall–Kier alpha value is -1.99. The summed E-state index contributed by atoms with van der Waals surface area (Å²) in [6.07, 6.45) is 0. The van der Waals surface area contributed by atoms with Crippen LogP contribution >= 0.6 is 46.4 Å². The summed E-state index contributed by atoms with van der Waals surface area (Å²) < 4.78 is 0. The second-order valence-electron chi connectivity index (χ2n) is 6.22. The number of hydrogen-bond acceptors (Lipinski definition) is 3. The highest BCUT2D eigenvalue weighted by Crippen LogP contribution is 2.35. The smallest absolute Gasteiger partial charge is 0.322 e. The SMILES string of the molecule is CC1(c2ccccc2Cl)NC(=O)N(CC(=O)Nc2c(Cl)cc(Cl)cc2Cl)C1=O. The Kier molecular flexibility index (Phi) is 5.77. The second kappa shape index (κ2) is 7.79. The first-order valence-electron chi connectivity index (χ1n) is 7.97. The van der Waals surface area contributed by atoms with Gasteiger partial charge in [0.25, 0.3) is 5.91 Å². The summed E-state index contributed by atoms with van der Waals surface area (Å²) in [7, 11) is 0. The number of carbonyl (C=O) groups excluding carboxylic acids is 3. The summed E-state index contributed by atoms with van der Waals surface area (Å²) >= 11 is 24.1. The molecule has 0 aromatic heterocycles. The highest BCUT2D eigenvalue weighted by atomic mass is 35.5. The summed E-state index contributed by atoms with van der Waals surface area (Å²) in [4.78, 5) is 38.4. The van der Waals surface area contributed by atoms with Crippen LogP contribution in [0.2, 0.25) is 20.1 Å². The summed E-state index contributed by atoms with van der Waals surface area (Å²) in [5.41, 5.74) is -0.814. The molecule has 2 aromatic rings. The Bertz CT molecular complexity index is 975. The molecule has 1 aliphatic heterocycles. The molecule has 10 heteroatoms. The van der Waals surface area contributed by atoms with Crippen molar-refractivity contribution in [1.29, 1.82) is 0 Å². The van der Waals surface area contributed by atoms with Crippen LogP contribution in [0.25, 0.3) is 0 Å². The minimum Gasteiger partial charge on any atom is -0.322 e. The molecule has 0 aliphatic carbocycles. The average Bonchev–Trinajstić information content (AvgIpc) is 2.82. The van der Waals surface area contributed by atoms with Gasteiger partial charge < -0.3 is 10.6 Å². The third-order valence-electron chi connectivity index (χ3n) is 4.26. The van der Waals surface area contributed by atoms with E-state index in [0.29, 0.717) is 15.6 Å². The third kappa shape index (κ3) is 3.78. The van der Waals surface area contributed by atoms with Gasteiger partial charge in [-0.25, -0.2) is 4.79 Å².